The SMILES string of the molecule is CC(O)(CNC(=O)C1CCC(=O)N1)CC(=O)O. The van der Waals surface area contributed by atoms with Crippen LogP contribution in [0.2, 0.25) is 0 Å². The first-order chi connectivity index (χ1) is 7.80. The second-order valence-corrected chi connectivity index (χ2v) is 4.44. The van der Waals surface area contributed by atoms with Crippen molar-refractivity contribution in [2.45, 2.75) is 37.8 Å². The molecule has 2 unspecified atom stereocenters. The van der Waals surface area contributed by atoms with E-state index in [1.807, 2.05) is 0 Å². The Balaban J connectivity index is 2.37. The van der Waals surface area contributed by atoms with Gasteiger partial charge in [0, 0.05) is 13.0 Å². The first-order valence-corrected chi connectivity index (χ1v) is 5.31. The highest BCUT2D eigenvalue weighted by atomic mass is 16.4. The molecule has 0 spiro atoms. The topological polar surface area (TPSA) is 116 Å². The average Bonchev–Trinajstić information content (AvgIpc) is 2.59. The zero-order chi connectivity index (χ0) is 13.1. The maximum atomic E-state index is 11.5. The van der Waals surface area contributed by atoms with Crippen LogP contribution < -0.4 is 10.6 Å². The number of rotatable bonds is 5. The molecule has 0 aromatic rings. The average molecular weight is 244 g/mol. The molecule has 4 N–H and O–H groups in total. The molecule has 0 saturated carbocycles. The predicted molar refractivity (Wildman–Crippen MR) is 57.1 cm³/mol. The number of carbonyl (C=O) groups excluding carboxylic acids is 2. The van der Waals surface area contributed by atoms with Gasteiger partial charge in [0.1, 0.15) is 6.04 Å². The molecule has 0 radical (unpaired) electrons. The minimum absolute atomic E-state index is 0.162. The summed E-state index contributed by atoms with van der Waals surface area (Å²) in [6.45, 7) is 1.17. The lowest BCUT2D eigenvalue weighted by molar-refractivity contribution is -0.142. The molecule has 0 aromatic carbocycles. The van der Waals surface area contributed by atoms with Crippen molar-refractivity contribution in [1.82, 2.24) is 10.6 Å². The molecule has 1 aliphatic rings. The second-order valence-electron chi connectivity index (χ2n) is 4.44. The number of aliphatic hydroxyl groups is 1. The summed E-state index contributed by atoms with van der Waals surface area (Å²) < 4.78 is 0. The molecule has 1 rings (SSSR count). The van der Waals surface area contributed by atoms with Gasteiger partial charge >= 0.3 is 5.97 Å². The molecule has 0 aliphatic carbocycles. The van der Waals surface area contributed by atoms with Gasteiger partial charge < -0.3 is 20.8 Å². The van der Waals surface area contributed by atoms with E-state index in [9.17, 15) is 19.5 Å². The van der Waals surface area contributed by atoms with E-state index in [1.165, 1.54) is 6.92 Å². The maximum Gasteiger partial charge on any atom is 0.306 e. The highest BCUT2D eigenvalue weighted by Gasteiger charge is 2.30. The Hall–Kier alpha value is -1.63. The molecule has 1 aliphatic heterocycles. The van der Waals surface area contributed by atoms with E-state index in [2.05, 4.69) is 10.6 Å². The number of hydrogen-bond donors (Lipinski definition) is 4. The fourth-order valence-electron chi connectivity index (χ4n) is 1.60. The third-order valence-electron chi connectivity index (χ3n) is 2.49. The third kappa shape index (κ3) is 4.39. The van der Waals surface area contributed by atoms with Crippen molar-refractivity contribution in [1.29, 1.82) is 0 Å². The zero-order valence-corrected chi connectivity index (χ0v) is 9.52. The summed E-state index contributed by atoms with van der Waals surface area (Å²) >= 11 is 0. The Bertz CT molecular complexity index is 340. The molecule has 1 saturated heterocycles. The Morgan fingerprint density at radius 1 is 1.59 bits per heavy atom. The van der Waals surface area contributed by atoms with E-state index < -0.39 is 29.9 Å². The molecule has 7 nitrogen and oxygen atoms in total. The molecular weight excluding hydrogens is 228 g/mol. The van der Waals surface area contributed by atoms with Crippen molar-refractivity contribution in [3.63, 3.8) is 0 Å². The van der Waals surface area contributed by atoms with Crippen molar-refractivity contribution in [3.8, 4) is 0 Å². The maximum absolute atomic E-state index is 11.5. The number of nitrogens with one attached hydrogen (secondary N) is 2. The standard InChI is InChI=1S/C10H16N2O5/c1-10(17,4-8(14)15)5-11-9(16)6-2-3-7(13)12-6/h6,17H,2-5H2,1H3,(H,11,16)(H,12,13)(H,14,15). The Kier molecular flexibility index (Phi) is 4.06. The van der Waals surface area contributed by atoms with Gasteiger partial charge in [-0.1, -0.05) is 0 Å². The van der Waals surface area contributed by atoms with Crippen LogP contribution in [0.1, 0.15) is 26.2 Å². The number of carboxylic acids is 1. The zero-order valence-electron chi connectivity index (χ0n) is 9.52. The predicted octanol–water partition coefficient (Wildman–Crippen LogP) is -1.39. The van der Waals surface area contributed by atoms with Gasteiger partial charge in [0.2, 0.25) is 11.8 Å². The van der Waals surface area contributed by atoms with Crippen molar-refractivity contribution in [3.05, 3.63) is 0 Å². The van der Waals surface area contributed by atoms with Crippen molar-refractivity contribution in [2.75, 3.05) is 6.54 Å². The van der Waals surface area contributed by atoms with Crippen LogP contribution in [0.15, 0.2) is 0 Å². The number of carbonyl (C=O) groups is 3. The van der Waals surface area contributed by atoms with Gasteiger partial charge in [0.25, 0.3) is 0 Å². The minimum Gasteiger partial charge on any atom is -0.481 e. The van der Waals surface area contributed by atoms with Gasteiger partial charge in [-0.3, -0.25) is 14.4 Å². The number of carboxylic acid groups (broad SMARTS) is 1. The van der Waals surface area contributed by atoms with Gasteiger partial charge in [-0.2, -0.15) is 0 Å². The molecule has 0 aromatic heterocycles. The van der Waals surface area contributed by atoms with Crippen molar-refractivity contribution < 1.29 is 24.6 Å². The lowest BCUT2D eigenvalue weighted by Crippen LogP contribution is -2.48. The van der Waals surface area contributed by atoms with Crippen LogP contribution in [-0.2, 0) is 14.4 Å². The lowest BCUT2D eigenvalue weighted by Gasteiger charge is -2.22. The molecular formula is C10H16N2O5. The van der Waals surface area contributed by atoms with Crippen LogP contribution in [0.25, 0.3) is 0 Å². The first-order valence-electron chi connectivity index (χ1n) is 5.31. The van der Waals surface area contributed by atoms with Gasteiger partial charge in [-0.15, -0.1) is 0 Å². The Morgan fingerprint density at radius 2 is 2.24 bits per heavy atom. The number of aliphatic carboxylic acids is 1. The monoisotopic (exact) mass is 244 g/mol. The Morgan fingerprint density at radius 3 is 2.71 bits per heavy atom. The number of amides is 2. The largest absolute Gasteiger partial charge is 0.481 e. The van der Waals surface area contributed by atoms with Crippen molar-refractivity contribution in [2.24, 2.45) is 0 Å². The molecule has 1 fully saturated rings. The van der Waals surface area contributed by atoms with Crippen LogP contribution in [0.3, 0.4) is 0 Å². The Labute approximate surface area is 98.2 Å². The quantitative estimate of drug-likeness (QED) is 0.475. The van der Waals surface area contributed by atoms with Gasteiger partial charge in [0.05, 0.1) is 12.0 Å². The summed E-state index contributed by atoms with van der Waals surface area (Å²) in [5.41, 5.74) is -1.50. The van der Waals surface area contributed by atoms with Gasteiger partial charge in [-0.05, 0) is 13.3 Å². The molecule has 1 heterocycles. The summed E-state index contributed by atoms with van der Waals surface area (Å²) in [6.07, 6.45) is 0.277. The van der Waals surface area contributed by atoms with Crippen LogP contribution >= 0.6 is 0 Å². The van der Waals surface area contributed by atoms with Crippen LogP contribution in [-0.4, -0.2) is 46.2 Å². The third-order valence-corrected chi connectivity index (χ3v) is 2.49. The summed E-state index contributed by atoms with van der Waals surface area (Å²) in [4.78, 5) is 32.9. The van der Waals surface area contributed by atoms with E-state index in [-0.39, 0.29) is 12.5 Å². The normalized spacial score (nSPS) is 22.7. The highest BCUT2D eigenvalue weighted by molar-refractivity contribution is 5.90. The molecule has 2 atom stereocenters. The smallest absolute Gasteiger partial charge is 0.306 e. The molecule has 96 valence electrons. The van der Waals surface area contributed by atoms with E-state index in [0.29, 0.717) is 12.8 Å². The number of hydrogen-bond acceptors (Lipinski definition) is 4. The molecule has 17 heavy (non-hydrogen) atoms. The molecule has 7 heteroatoms. The summed E-state index contributed by atoms with van der Waals surface area (Å²) in [7, 11) is 0. The van der Waals surface area contributed by atoms with Gasteiger partial charge in [-0.25, -0.2) is 0 Å². The minimum atomic E-state index is -1.50. The van der Waals surface area contributed by atoms with Crippen LogP contribution in [0, 0.1) is 0 Å². The first kappa shape index (κ1) is 13.4. The molecule has 2 amide bonds. The van der Waals surface area contributed by atoms with E-state index in [1.54, 1.807) is 0 Å². The van der Waals surface area contributed by atoms with Crippen molar-refractivity contribution >= 4 is 17.8 Å². The van der Waals surface area contributed by atoms with Crippen LogP contribution in [0.4, 0.5) is 0 Å². The summed E-state index contributed by atoms with van der Waals surface area (Å²) in [5.74, 6) is -1.72. The van der Waals surface area contributed by atoms with Gasteiger partial charge in [0.15, 0.2) is 0 Å². The van der Waals surface area contributed by atoms with Crippen LogP contribution in [0.5, 0.6) is 0 Å². The fourth-order valence-corrected chi connectivity index (χ4v) is 1.60. The fraction of sp³-hybridized carbons (Fsp3) is 0.700. The van der Waals surface area contributed by atoms with E-state index in [0.717, 1.165) is 0 Å². The lowest BCUT2D eigenvalue weighted by atomic mass is 10.0. The highest BCUT2D eigenvalue weighted by Crippen LogP contribution is 2.09. The molecule has 0 bridgehead atoms. The summed E-state index contributed by atoms with van der Waals surface area (Å²) in [5, 5.41) is 23.1. The second kappa shape index (κ2) is 5.13. The van der Waals surface area contributed by atoms with E-state index >= 15 is 0 Å². The summed E-state index contributed by atoms with van der Waals surface area (Å²) in [6, 6.07) is -0.580. The van der Waals surface area contributed by atoms with E-state index in [4.69, 9.17) is 5.11 Å².